The number of carbonyl (C=O) groups excluding carboxylic acids is 2. The summed E-state index contributed by atoms with van der Waals surface area (Å²) in [6.45, 7) is 6.02. The summed E-state index contributed by atoms with van der Waals surface area (Å²) < 4.78 is 0. The molecule has 0 radical (unpaired) electrons. The number of nitrogens with zero attached hydrogens (tertiary/aromatic N) is 1. The number of amides is 2. The van der Waals surface area contributed by atoms with Gasteiger partial charge >= 0.3 is 0 Å². The summed E-state index contributed by atoms with van der Waals surface area (Å²) in [6.07, 6.45) is 10.3. The van der Waals surface area contributed by atoms with Gasteiger partial charge in [0.2, 0.25) is 0 Å². The summed E-state index contributed by atoms with van der Waals surface area (Å²) in [5.41, 5.74) is -0.0537. The third-order valence-corrected chi connectivity index (χ3v) is 5.62. The number of carbonyl (C=O) groups is 2. The van der Waals surface area contributed by atoms with Crippen LogP contribution < -0.4 is 10.6 Å². The molecule has 1 heterocycles. The molecule has 0 unspecified atom stereocenters. The predicted molar refractivity (Wildman–Crippen MR) is 118 cm³/mol. The van der Waals surface area contributed by atoms with Crippen LogP contribution in [0.2, 0.25) is 0 Å². The quantitative estimate of drug-likeness (QED) is 0.307. The second kappa shape index (κ2) is 13.1. The zero-order valence-electron chi connectivity index (χ0n) is 18.2. The molecule has 0 saturated carbocycles. The number of phenols is 2. The molecule has 7 heteroatoms. The van der Waals surface area contributed by atoms with Crippen LogP contribution in [0.5, 0.6) is 11.5 Å². The van der Waals surface area contributed by atoms with Crippen molar-refractivity contribution >= 4 is 11.8 Å². The van der Waals surface area contributed by atoms with E-state index in [4.69, 9.17) is 0 Å². The number of benzene rings is 1. The van der Waals surface area contributed by atoms with E-state index in [1.807, 2.05) is 0 Å². The van der Waals surface area contributed by atoms with E-state index in [9.17, 15) is 19.8 Å². The molecule has 1 aromatic carbocycles. The highest BCUT2D eigenvalue weighted by molar-refractivity contribution is 6.02. The number of nitrogens with one attached hydrogen (secondary N) is 2. The molecule has 0 spiro atoms. The zero-order valence-corrected chi connectivity index (χ0v) is 18.2. The van der Waals surface area contributed by atoms with E-state index in [1.54, 1.807) is 0 Å². The maximum Gasteiger partial charge on any atom is 0.255 e. The minimum Gasteiger partial charge on any atom is -0.504 e. The number of hydrogen-bond acceptors (Lipinski definition) is 5. The van der Waals surface area contributed by atoms with Crippen LogP contribution in [0, 0.1) is 0 Å². The summed E-state index contributed by atoms with van der Waals surface area (Å²) in [5.74, 6) is -2.02. The van der Waals surface area contributed by atoms with Gasteiger partial charge in [-0.25, -0.2) is 0 Å². The van der Waals surface area contributed by atoms with Gasteiger partial charge in [-0.3, -0.25) is 9.59 Å². The lowest BCUT2D eigenvalue weighted by atomic mass is 10.1. The lowest BCUT2D eigenvalue weighted by molar-refractivity contribution is 0.0931. The second-order valence-corrected chi connectivity index (χ2v) is 8.04. The SMILES string of the molecule is CCCCCCCCNC(=O)c1ccc(C(=O)NCCN2CCCCC2)c(O)c1O. The predicted octanol–water partition coefficient (Wildman–Crippen LogP) is 3.40. The summed E-state index contributed by atoms with van der Waals surface area (Å²) >= 11 is 0. The minimum atomic E-state index is -0.558. The molecular formula is C23H37N3O4. The van der Waals surface area contributed by atoms with Gasteiger partial charge < -0.3 is 25.7 Å². The van der Waals surface area contributed by atoms with E-state index in [0.717, 1.165) is 38.9 Å². The number of likely N-dealkylation sites (tertiary alicyclic amines) is 1. The van der Waals surface area contributed by atoms with Crippen molar-refractivity contribution < 1.29 is 19.8 Å². The van der Waals surface area contributed by atoms with E-state index in [2.05, 4.69) is 22.5 Å². The van der Waals surface area contributed by atoms with Crippen molar-refractivity contribution in [2.75, 3.05) is 32.7 Å². The van der Waals surface area contributed by atoms with E-state index < -0.39 is 23.3 Å². The highest BCUT2D eigenvalue weighted by Gasteiger charge is 2.21. The maximum atomic E-state index is 12.4. The van der Waals surface area contributed by atoms with Crippen molar-refractivity contribution in [3.63, 3.8) is 0 Å². The fourth-order valence-corrected chi connectivity index (χ4v) is 3.75. The topological polar surface area (TPSA) is 102 Å². The molecule has 0 aliphatic carbocycles. The van der Waals surface area contributed by atoms with Gasteiger partial charge in [0.25, 0.3) is 11.8 Å². The average molecular weight is 420 g/mol. The third kappa shape index (κ3) is 7.52. The molecule has 1 saturated heterocycles. The smallest absolute Gasteiger partial charge is 0.255 e. The van der Waals surface area contributed by atoms with Crippen LogP contribution >= 0.6 is 0 Å². The Kier molecular flexibility index (Phi) is 10.5. The summed E-state index contributed by atoms with van der Waals surface area (Å²) in [5, 5.41) is 26.0. The Labute approximate surface area is 179 Å². The number of phenolic OH excluding ortho intramolecular Hbond substituents is 2. The van der Waals surface area contributed by atoms with Crippen LogP contribution in [-0.4, -0.2) is 59.7 Å². The Morgan fingerprint density at radius 3 is 1.97 bits per heavy atom. The molecule has 168 valence electrons. The van der Waals surface area contributed by atoms with Crippen LogP contribution in [0.4, 0.5) is 0 Å². The molecule has 2 rings (SSSR count). The van der Waals surface area contributed by atoms with Gasteiger partial charge in [-0.1, -0.05) is 45.4 Å². The Morgan fingerprint density at radius 2 is 1.37 bits per heavy atom. The molecule has 1 aliphatic rings. The van der Waals surface area contributed by atoms with Crippen LogP contribution in [-0.2, 0) is 0 Å². The first-order chi connectivity index (χ1) is 14.5. The van der Waals surface area contributed by atoms with Crippen LogP contribution in [0.25, 0.3) is 0 Å². The van der Waals surface area contributed by atoms with Gasteiger partial charge in [-0.2, -0.15) is 0 Å². The molecule has 1 aromatic rings. The van der Waals surface area contributed by atoms with Crippen molar-refractivity contribution in [1.29, 1.82) is 0 Å². The van der Waals surface area contributed by atoms with E-state index in [1.165, 1.54) is 50.7 Å². The normalized spacial score (nSPS) is 14.4. The molecule has 30 heavy (non-hydrogen) atoms. The van der Waals surface area contributed by atoms with Gasteiger partial charge in [0.1, 0.15) is 0 Å². The zero-order chi connectivity index (χ0) is 21.8. The fourth-order valence-electron chi connectivity index (χ4n) is 3.75. The van der Waals surface area contributed by atoms with E-state index in [0.29, 0.717) is 13.1 Å². The van der Waals surface area contributed by atoms with Crippen LogP contribution in [0.3, 0.4) is 0 Å². The first-order valence-electron chi connectivity index (χ1n) is 11.4. The molecule has 0 atom stereocenters. The molecule has 7 nitrogen and oxygen atoms in total. The standard InChI is InChI=1S/C23H37N3O4/c1-2-3-4-5-6-8-13-24-22(29)18-11-12-19(21(28)20(18)27)23(30)25-14-17-26-15-9-7-10-16-26/h11-12,27-28H,2-10,13-17H2,1H3,(H,24,29)(H,25,30). The van der Waals surface area contributed by atoms with Crippen molar-refractivity contribution in [3.8, 4) is 11.5 Å². The third-order valence-electron chi connectivity index (χ3n) is 5.62. The lowest BCUT2D eigenvalue weighted by Crippen LogP contribution is -2.37. The van der Waals surface area contributed by atoms with Crippen molar-refractivity contribution in [1.82, 2.24) is 15.5 Å². The Morgan fingerprint density at radius 1 is 0.833 bits per heavy atom. The molecule has 0 bridgehead atoms. The Balaban J connectivity index is 1.80. The van der Waals surface area contributed by atoms with E-state index >= 15 is 0 Å². The molecule has 4 N–H and O–H groups in total. The summed E-state index contributed by atoms with van der Waals surface area (Å²) in [6, 6.07) is 2.76. The summed E-state index contributed by atoms with van der Waals surface area (Å²) in [4.78, 5) is 27.0. The van der Waals surface area contributed by atoms with Crippen molar-refractivity contribution in [2.45, 2.75) is 64.7 Å². The van der Waals surface area contributed by atoms with Crippen LogP contribution in [0.1, 0.15) is 85.4 Å². The van der Waals surface area contributed by atoms with Gasteiger partial charge in [0.05, 0.1) is 11.1 Å². The first-order valence-corrected chi connectivity index (χ1v) is 11.4. The molecular weight excluding hydrogens is 382 g/mol. The first kappa shape index (κ1) is 24.0. The molecule has 0 aromatic heterocycles. The van der Waals surface area contributed by atoms with Crippen LogP contribution in [0.15, 0.2) is 12.1 Å². The Hall–Kier alpha value is -2.28. The number of aromatic hydroxyl groups is 2. The van der Waals surface area contributed by atoms with Gasteiger partial charge in [0.15, 0.2) is 11.5 Å². The molecule has 1 fully saturated rings. The minimum absolute atomic E-state index is 0.0247. The highest BCUT2D eigenvalue weighted by atomic mass is 16.3. The molecule has 1 aliphatic heterocycles. The number of piperidine rings is 1. The monoisotopic (exact) mass is 419 g/mol. The highest BCUT2D eigenvalue weighted by Crippen LogP contribution is 2.32. The number of unbranched alkanes of at least 4 members (excludes halogenated alkanes) is 5. The second-order valence-electron chi connectivity index (χ2n) is 8.04. The largest absolute Gasteiger partial charge is 0.504 e. The van der Waals surface area contributed by atoms with E-state index in [-0.39, 0.29) is 11.1 Å². The van der Waals surface area contributed by atoms with Crippen molar-refractivity contribution in [2.24, 2.45) is 0 Å². The number of rotatable bonds is 12. The van der Waals surface area contributed by atoms with Crippen molar-refractivity contribution in [3.05, 3.63) is 23.3 Å². The fraction of sp³-hybridized carbons (Fsp3) is 0.652. The summed E-state index contributed by atoms with van der Waals surface area (Å²) in [7, 11) is 0. The van der Waals surface area contributed by atoms with Gasteiger partial charge in [-0.15, -0.1) is 0 Å². The average Bonchev–Trinajstić information content (AvgIpc) is 2.75. The lowest BCUT2D eigenvalue weighted by Gasteiger charge is -2.26. The Bertz CT molecular complexity index is 687. The maximum absolute atomic E-state index is 12.4. The van der Waals surface area contributed by atoms with Gasteiger partial charge in [0, 0.05) is 19.6 Å². The number of hydrogen-bond donors (Lipinski definition) is 4. The molecule has 2 amide bonds. The van der Waals surface area contributed by atoms with Gasteiger partial charge in [-0.05, 0) is 44.5 Å².